The average molecular weight is 428 g/mol. The van der Waals surface area contributed by atoms with Crippen LogP contribution in [0.25, 0.3) is 5.82 Å². The fraction of sp³-hybridized carbons (Fsp3) is 0.438. The van der Waals surface area contributed by atoms with Crippen molar-refractivity contribution in [2.45, 2.75) is 39.8 Å². The molecule has 0 spiro atoms. The summed E-state index contributed by atoms with van der Waals surface area (Å²) >= 11 is 0. The topological polar surface area (TPSA) is 67.1 Å². The molecule has 0 saturated carbocycles. The maximum Gasteiger partial charge on any atom is 0.191 e. The van der Waals surface area contributed by atoms with Crippen molar-refractivity contribution in [2.24, 2.45) is 4.99 Å². The molecule has 0 aliphatic carbocycles. The van der Waals surface area contributed by atoms with Crippen molar-refractivity contribution in [3.8, 4) is 5.82 Å². The Morgan fingerprint density at radius 2 is 2.17 bits per heavy atom. The van der Waals surface area contributed by atoms with Crippen molar-refractivity contribution in [3.05, 3.63) is 42.6 Å². The number of imidazole rings is 1. The van der Waals surface area contributed by atoms with Gasteiger partial charge in [-0.25, -0.2) is 15.0 Å². The Balaban J connectivity index is 0.00000264. The zero-order valence-corrected chi connectivity index (χ0v) is 16.2. The second-order valence-corrected chi connectivity index (χ2v) is 5.14. The molecule has 2 aromatic rings. The molecule has 0 bridgehead atoms. The number of halogens is 1. The number of rotatable bonds is 6. The van der Waals surface area contributed by atoms with E-state index in [1.807, 2.05) is 29.1 Å². The van der Waals surface area contributed by atoms with Crippen LogP contribution in [-0.2, 0) is 6.54 Å². The lowest BCUT2D eigenvalue weighted by Crippen LogP contribution is -2.41. The summed E-state index contributed by atoms with van der Waals surface area (Å²) in [6.07, 6.45) is 8.26. The first-order chi connectivity index (χ1) is 10.7. The zero-order valence-electron chi connectivity index (χ0n) is 13.9. The third-order valence-electron chi connectivity index (χ3n) is 3.34. The lowest BCUT2D eigenvalue weighted by Gasteiger charge is -2.16. The summed E-state index contributed by atoms with van der Waals surface area (Å²) in [6.45, 7) is 7.81. The van der Waals surface area contributed by atoms with E-state index in [1.54, 1.807) is 12.5 Å². The number of aliphatic imine (C=N–C) groups is 1. The molecule has 2 N–H and O–H groups in total. The van der Waals surface area contributed by atoms with Crippen molar-refractivity contribution < 1.29 is 0 Å². The van der Waals surface area contributed by atoms with E-state index >= 15 is 0 Å². The molecule has 0 radical (unpaired) electrons. The van der Waals surface area contributed by atoms with Crippen molar-refractivity contribution >= 4 is 29.9 Å². The average Bonchev–Trinajstić information content (AvgIpc) is 3.07. The Morgan fingerprint density at radius 1 is 1.35 bits per heavy atom. The van der Waals surface area contributed by atoms with Crippen LogP contribution in [0.5, 0.6) is 0 Å². The lowest BCUT2D eigenvalue weighted by atomic mass is 10.2. The van der Waals surface area contributed by atoms with Gasteiger partial charge in [0.25, 0.3) is 0 Å². The molecule has 2 heterocycles. The third kappa shape index (κ3) is 6.17. The lowest BCUT2D eigenvalue weighted by molar-refractivity contribution is 0.624. The molecule has 0 saturated heterocycles. The Morgan fingerprint density at radius 3 is 2.74 bits per heavy atom. The zero-order chi connectivity index (χ0) is 15.8. The van der Waals surface area contributed by atoms with Crippen LogP contribution in [0, 0.1) is 0 Å². The summed E-state index contributed by atoms with van der Waals surface area (Å²) in [5, 5.41) is 6.64. The number of aromatic nitrogens is 3. The van der Waals surface area contributed by atoms with Gasteiger partial charge in [0.2, 0.25) is 0 Å². The van der Waals surface area contributed by atoms with Crippen LogP contribution in [-0.4, -0.2) is 33.1 Å². The number of nitrogens with one attached hydrogen (secondary N) is 2. The van der Waals surface area contributed by atoms with Gasteiger partial charge in [0.15, 0.2) is 5.96 Å². The summed E-state index contributed by atoms with van der Waals surface area (Å²) in [5.41, 5.74) is 1.07. The van der Waals surface area contributed by atoms with Crippen LogP contribution < -0.4 is 10.6 Å². The van der Waals surface area contributed by atoms with Gasteiger partial charge in [0.05, 0.1) is 6.54 Å². The Kier molecular flexibility index (Phi) is 8.60. The Hall–Kier alpha value is -1.64. The SMILES string of the molecule is CCNC(=NCc1ccc(-n2ccnc2)nc1)NC(C)CC.I. The molecule has 0 fully saturated rings. The number of hydrogen-bond donors (Lipinski definition) is 2. The summed E-state index contributed by atoms with van der Waals surface area (Å²) in [4.78, 5) is 13.1. The highest BCUT2D eigenvalue weighted by atomic mass is 127. The van der Waals surface area contributed by atoms with E-state index in [0.29, 0.717) is 12.6 Å². The molecule has 23 heavy (non-hydrogen) atoms. The maximum atomic E-state index is 4.60. The van der Waals surface area contributed by atoms with Gasteiger partial charge < -0.3 is 10.6 Å². The molecular formula is C16H25IN6. The first-order valence-electron chi connectivity index (χ1n) is 7.71. The molecule has 6 nitrogen and oxygen atoms in total. The van der Waals surface area contributed by atoms with E-state index < -0.39 is 0 Å². The predicted octanol–water partition coefficient (Wildman–Crippen LogP) is 2.74. The highest BCUT2D eigenvalue weighted by Gasteiger charge is 2.03. The van der Waals surface area contributed by atoms with Gasteiger partial charge in [0.1, 0.15) is 12.1 Å². The minimum absolute atomic E-state index is 0. The monoisotopic (exact) mass is 428 g/mol. The van der Waals surface area contributed by atoms with Crippen LogP contribution in [0.15, 0.2) is 42.0 Å². The second-order valence-electron chi connectivity index (χ2n) is 5.14. The van der Waals surface area contributed by atoms with Crippen LogP contribution in [0.4, 0.5) is 0 Å². The van der Waals surface area contributed by atoms with Crippen LogP contribution in [0.3, 0.4) is 0 Å². The smallest absolute Gasteiger partial charge is 0.191 e. The van der Waals surface area contributed by atoms with E-state index in [-0.39, 0.29) is 24.0 Å². The van der Waals surface area contributed by atoms with Gasteiger partial charge in [-0.3, -0.25) is 4.57 Å². The van der Waals surface area contributed by atoms with E-state index in [4.69, 9.17) is 0 Å². The largest absolute Gasteiger partial charge is 0.357 e. The molecule has 2 rings (SSSR count). The number of nitrogens with zero attached hydrogens (tertiary/aromatic N) is 4. The summed E-state index contributed by atoms with van der Waals surface area (Å²) in [7, 11) is 0. The van der Waals surface area contributed by atoms with Gasteiger partial charge in [0, 0.05) is 31.2 Å². The molecular weight excluding hydrogens is 403 g/mol. The van der Waals surface area contributed by atoms with Crippen molar-refractivity contribution in [2.75, 3.05) is 6.54 Å². The highest BCUT2D eigenvalue weighted by Crippen LogP contribution is 2.06. The minimum Gasteiger partial charge on any atom is -0.357 e. The highest BCUT2D eigenvalue weighted by molar-refractivity contribution is 14.0. The van der Waals surface area contributed by atoms with Crippen LogP contribution in [0.2, 0.25) is 0 Å². The summed E-state index contributed by atoms with van der Waals surface area (Å²) in [5.74, 6) is 1.70. The molecule has 0 aliphatic heterocycles. The maximum absolute atomic E-state index is 4.60. The first-order valence-corrected chi connectivity index (χ1v) is 7.71. The van der Waals surface area contributed by atoms with Gasteiger partial charge >= 0.3 is 0 Å². The van der Waals surface area contributed by atoms with E-state index in [1.165, 1.54) is 0 Å². The molecule has 0 aliphatic rings. The summed E-state index contributed by atoms with van der Waals surface area (Å²) in [6, 6.07) is 4.42. The standard InChI is InChI=1S/C16H24N6.HI/c1-4-13(3)21-16(18-5-2)20-11-14-6-7-15(19-10-14)22-9-8-17-12-22;/h6-10,12-13H,4-5,11H2,1-3H3,(H2,18,20,21);1H. The molecule has 2 aromatic heterocycles. The van der Waals surface area contributed by atoms with Gasteiger partial charge in [-0.15, -0.1) is 24.0 Å². The molecule has 0 aromatic carbocycles. The van der Waals surface area contributed by atoms with E-state index in [2.05, 4.69) is 46.4 Å². The first kappa shape index (κ1) is 19.4. The third-order valence-corrected chi connectivity index (χ3v) is 3.34. The minimum atomic E-state index is 0. The van der Waals surface area contributed by atoms with Crippen LogP contribution in [0.1, 0.15) is 32.8 Å². The van der Waals surface area contributed by atoms with Crippen molar-refractivity contribution in [1.29, 1.82) is 0 Å². The number of hydrogen-bond acceptors (Lipinski definition) is 3. The number of guanidine groups is 1. The fourth-order valence-corrected chi connectivity index (χ4v) is 1.88. The second kappa shape index (κ2) is 10.2. The van der Waals surface area contributed by atoms with Gasteiger partial charge in [-0.05, 0) is 31.9 Å². The van der Waals surface area contributed by atoms with Gasteiger partial charge in [-0.1, -0.05) is 13.0 Å². The molecule has 126 valence electrons. The van der Waals surface area contributed by atoms with Gasteiger partial charge in [-0.2, -0.15) is 0 Å². The van der Waals surface area contributed by atoms with E-state index in [9.17, 15) is 0 Å². The Bertz CT molecular complexity index is 579. The number of pyridine rings is 1. The molecule has 1 unspecified atom stereocenters. The Labute approximate surface area is 154 Å². The summed E-state index contributed by atoms with van der Waals surface area (Å²) < 4.78 is 1.88. The molecule has 0 amide bonds. The predicted molar refractivity (Wildman–Crippen MR) is 104 cm³/mol. The molecule has 7 heteroatoms. The normalized spacial score (nSPS) is 12.4. The van der Waals surface area contributed by atoms with Crippen molar-refractivity contribution in [1.82, 2.24) is 25.2 Å². The quantitative estimate of drug-likeness (QED) is 0.422. The van der Waals surface area contributed by atoms with E-state index in [0.717, 1.165) is 30.3 Å². The fourth-order valence-electron chi connectivity index (χ4n) is 1.88. The van der Waals surface area contributed by atoms with Crippen molar-refractivity contribution in [3.63, 3.8) is 0 Å². The van der Waals surface area contributed by atoms with Crippen LogP contribution >= 0.6 is 24.0 Å². The molecule has 1 atom stereocenters.